The van der Waals surface area contributed by atoms with Crippen LogP contribution in [0.15, 0.2) is 9.59 Å². The molecule has 0 heterocycles. The smallest absolute Gasteiger partial charge is 0.271 e. The van der Waals surface area contributed by atoms with Gasteiger partial charge < -0.3 is 10.4 Å². The molecule has 0 aromatic heterocycles. The Balaban J connectivity index is 2.90. The van der Waals surface area contributed by atoms with Gasteiger partial charge in [0.1, 0.15) is 5.69 Å². The quantitative estimate of drug-likeness (QED) is 0.673. The third-order valence-corrected chi connectivity index (χ3v) is 2.23. The Morgan fingerprint density at radius 2 is 1.85 bits per heavy atom. The fraction of sp³-hybridized carbons (Fsp3) is 0.556. The van der Waals surface area contributed by atoms with Crippen molar-refractivity contribution in [1.82, 2.24) is 0 Å². The van der Waals surface area contributed by atoms with Gasteiger partial charge in [-0.15, -0.1) is 0 Å². The van der Waals surface area contributed by atoms with Gasteiger partial charge >= 0.3 is 0 Å². The molecule has 0 saturated carbocycles. The summed E-state index contributed by atoms with van der Waals surface area (Å²) in [6.45, 7) is 5.74. The lowest BCUT2D eigenvalue weighted by atomic mass is 10.0. The van der Waals surface area contributed by atoms with Crippen molar-refractivity contribution < 1.29 is 5.11 Å². The van der Waals surface area contributed by atoms with E-state index in [1.807, 2.05) is 20.8 Å². The number of hydrogen-bond acceptors (Lipinski definition) is 4. The zero-order valence-electron chi connectivity index (χ0n) is 7.97. The molecule has 0 amide bonds. The van der Waals surface area contributed by atoms with Gasteiger partial charge in [0.15, 0.2) is 5.75 Å². The molecule has 13 heavy (non-hydrogen) atoms. The van der Waals surface area contributed by atoms with E-state index in [1.54, 1.807) is 0 Å². The molecule has 1 aromatic rings. The van der Waals surface area contributed by atoms with Crippen LogP contribution in [0, 0.1) is 0 Å². The Labute approximate surface area is 75.9 Å². The monoisotopic (exact) mass is 183 g/mol. The van der Waals surface area contributed by atoms with Crippen LogP contribution in [0.2, 0.25) is 0 Å². The molecular weight excluding hydrogens is 170 g/mol. The van der Waals surface area contributed by atoms with Crippen LogP contribution in [0.3, 0.4) is 0 Å². The van der Waals surface area contributed by atoms with E-state index in [0.29, 0.717) is 0 Å². The van der Waals surface area contributed by atoms with Crippen molar-refractivity contribution in [1.29, 1.82) is 0 Å². The minimum absolute atomic E-state index is 0.0526. The normalized spacial score (nSPS) is 11.9. The molecule has 72 valence electrons. The summed E-state index contributed by atoms with van der Waals surface area (Å²) < 4.78 is 0. The van der Waals surface area contributed by atoms with Crippen LogP contribution in [-0.4, -0.2) is 10.6 Å². The summed E-state index contributed by atoms with van der Waals surface area (Å²) in [6, 6.07) is 0. The molecule has 0 aliphatic heterocycles. The van der Waals surface area contributed by atoms with Crippen LogP contribution in [0.1, 0.15) is 27.2 Å². The molecule has 0 saturated heterocycles. The maximum Gasteiger partial charge on any atom is 0.271 e. The Morgan fingerprint density at radius 3 is 2.23 bits per heavy atom. The summed E-state index contributed by atoms with van der Waals surface area (Å²) in [6.07, 6.45) is 0.797. The van der Waals surface area contributed by atoms with E-state index in [0.717, 1.165) is 6.42 Å². The van der Waals surface area contributed by atoms with Crippen molar-refractivity contribution >= 4 is 5.69 Å². The summed E-state index contributed by atoms with van der Waals surface area (Å²) in [5, 5.41) is 11.9. The molecule has 4 nitrogen and oxygen atoms in total. The van der Waals surface area contributed by atoms with E-state index >= 15 is 0 Å². The van der Waals surface area contributed by atoms with Crippen LogP contribution in [0.5, 0.6) is 5.75 Å². The third-order valence-electron chi connectivity index (χ3n) is 2.23. The molecular formula is C9H13NO3. The van der Waals surface area contributed by atoms with Crippen molar-refractivity contribution in [3.8, 4) is 5.75 Å². The van der Waals surface area contributed by atoms with Crippen LogP contribution in [0.25, 0.3) is 0 Å². The topological polar surface area (TPSA) is 66.4 Å². The first-order valence-electron chi connectivity index (χ1n) is 4.19. The average molecular weight is 183 g/mol. The molecule has 0 atom stereocenters. The number of nitrogens with one attached hydrogen (secondary N) is 1. The molecule has 0 spiro atoms. The lowest BCUT2D eigenvalue weighted by Gasteiger charge is -2.26. The second-order valence-electron chi connectivity index (χ2n) is 3.74. The number of rotatable bonds is 3. The van der Waals surface area contributed by atoms with E-state index < -0.39 is 16.6 Å². The van der Waals surface area contributed by atoms with Crippen LogP contribution in [-0.2, 0) is 0 Å². The predicted molar refractivity (Wildman–Crippen MR) is 51.0 cm³/mol. The van der Waals surface area contributed by atoms with Crippen molar-refractivity contribution in [2.45, 2.75) is 32.7 Å². The highest BCUT2D eigenvalue weighted by atomic mass is 16.3. The van der Waals surface area contributed by atoms with Gasteiger partial charge in [-0.1, -0.05) is 6.92 Å². The largest absolute Gasteiger partial charge is 0.502 e. The van der Waals surface area contributed by atoms with E-state index in [4.69, 9.17) is 5.11 Å². The summed E-state index contributed by atoms with van der Waals surface area (Å²) in [7, 11) is 0. The van der Waals surface area contributed by atoms with Gasteiger partial charge in [0.25, 0.3) is 10.9 Å². The van der Waals surface area contributed by atoms with Crippen LogP contribution in [0.4, 0.5) is 5.69 Å². The highest BCUT2D eigenvalue weighted by Crippen LogP contribution is 2.21. The first-order valence-corrected chi connectivity index (χ1v) is 4.19. The van der Waals surface area contributed by atoms with Gasteiger partial charge in [-0.3, -0.25) is 9.59 Å². The molecule has 0 aliphatic rings. The highest BCUT2D eigenvalue weighted by Gasteiger charge is 2.25. The SMILES string of the molecule is CCC(C)(C)Nc1c(O)c(=O)c1=O. The first-order chi connectivity index (χ1) is 5.89. The minimum Gasteiger partial charge on any atom is -0.502 e. The summed E-state index contributed by atoms with van der Waals surface area (Å²) in [5.74, 6) is -0.438. The van der Waals surface area contributed by atoms with Gasteiger partial charge in [0, 0.05) is 5.54 Å². The van der Waals surface area contributed by atoms with E-state index in [9.17, 15) is 9.59 Å². The zero-order valence-corrected chi connectivity index (χ0v) is 7.97. The molecule has 0 radical (unpaired) electrons. The average Bonchev–Trinajstić information content (AvgIpc) is 2.12. The maximum absolute atomic E-state index is 10.9. The Hall–Kier alpha value is -1.32. The molecule has 0 aliphatic carbocycles. The molecule has 0 unspecified atom stereocenters. The fourth-order valence-electron chi connectivity index (χ4n) is 0.922. The zero-order chi connectivity index (χ0) is 10.2. The Morgan fingerprint density at radius 1 is 1.31 bits per heavy atom. The maximum atomic E-state index is 10.9. The molecule has 1 aromatic carbocycles. The van der Waals surface area contributed by atoms with Crippen LogP contribution < -0.4 is 16.2 Å². The lowest BCUT2D eigenvalue weighted by Crippen LogP contribution is -2.40. The van der Waals surface area contributed by atoms with Gasteiger partial charge in [-0.25, -0.2) is 0 Å². The summed E-state index contributed by atoms with van der Waals surface area (Å²) in [4.78, 5) is 21.6. The lowest BCUT2D eigenvalue weighted by molar-refractivity contribution is 0.458. The molecule has 4 heteroatoms. The van der Waals surface area contributed by atoms with Gasteiger partial charge in [-0.2, -0.15) is 0 Å². The van der Waals surface area contributed by atoms with Crippen molar-refractivity contribution in [3.63, 3.8) is 0 Å². The van der Waals surface area contributed by atoms with E-state index in [1.165, 1.54) is 0 Å². The molecule has 1 rings (SSSR count). The predicted octanol–water partition coefficient (Wildman–Crippen LogP) is 0.589. The number of hydrogen-bond donors (Lipinski definition) is 2. The standard InChI is InChI=1S/C9H13NO3/c1-4-9(2,3)10-5-6(11)8(13)7(5)12/h10-11H,4H2,1-3H3. The molecule has 0 bridgehead atoms. The Bertz CT molecular complexity index is 385. The van der Waals surface area contributed by atoms with Gasteiger partial charge in [0.05, 0.1) is 0 Å². The minimum atomic E-state index is -0.797. The first kappa shape index (κ1) is 9.77. The second kappa shape index (κ2) is 2.87. The summed E-state index contributed by atoms with van der Waals surface area (Å²) >= 11 is 0. The summed E-state index contributed by atoms with van der Waals surface area (Å²) in [5.41, 5.74) is -1.65. The number of anilines is 1. The van der Waals surface area contributed by atoms with Crippen LogP contribution >= 0.6 is 0 Å². The van der Waals surface area contributed by atoms with Crippen molar-refractivity contribution in [2.75, 3.05) is 5.32 Å². The van der Waals surface area contributed by atoms with Crippen molar-refractivity contribution in [2.24, 2.45) is 0 Å². The number of aromatic hydroxyl groups is 1. The van der Waals surface area contributed by atoms with E-state index in [2.05, 4.69) is 5.32 Å². The van der Waals surface area contributed by atoms with Crippen molar-refractivity contribution in [3.05, 3.63) is 20.4 Å². The molecule has 2 N–H and O–H groups in total. The second-order valence-corrected chi connectivity index (χ2v) is 3.74. The van der Waals surface area contributed by atoms with Gasteiger partial charge in [-0.05, 0) is 20.3 Å². The fourth-order valence-corrected chi connectivity index (χ4v) is 0.922. The molecule has 0 fully saturated rings. The Kier molecular flexibility index (Phi) is 2.15. The highest BCUT2D eigenvalue weighted by molar-refractivity contribution is 5.61. The third kappa shape index (κ3) is 1.56. The van der Waals surface area contributed by atoms with E-state index in [-0.39, 0.29) is 11.2 Å². The van der Waals surface area contributed by atoms with Gasteiger partial charge in [0.2, 0.25) is 0 Å².